The van der Waals surface area contributed by atoms with Gasteiger partial charge in [0.2, 0.25) is 5.43 Å². The molecule has 0 radical (unpaired) electrons. The van der Waals surface area contributed by atoms with E-state index in [9.17, 15) is 19.5 Å². The number of benzene rings is 1. The molecule has 0 spiro atoms. The van der Waals surface area contributed by atoms with E-state index in [1.54, 1.807) is 30.2 Å². The third kappa shape index (κ3) is 4.30. The minimum Gasteiger partial charge on any atom is -0.492 e. The van der Waals surface area contributed by atoms with E-state index in [-0.39, 0.29) is 47.4 Å². The van der Waals surface area contributed by atoms with Crippen molar-refractivity contribution in [3.63, 3.8) is 0 Å². The fraction of sp³-hybridized carbons (Fsp3) is 0.577. The summed E-state index contributed by atoms with van der Waals surface area (Å²) in [5.41, 5.74) is 3.39. The SMILES string of the molecule is COc1c(N2CC3CCOC3(CNC(=O)OC(C)(C)C)C2)c(F)c(N)c2c(=O)c(C(=O)O)cn(C3CC3)c12. The van der Waals surface area contributed by atoms with Crippen molar-refractivity contribution in [3.05, 3.63) is 27.8 Å². The Balaban J connectivity index is 1.58. The van der Waals surface area contributed by atoms with E-state index in [2.05, 4.69) is 5.32 Å². The highest BCUT2D eigenvalue weighted by atomic mass is 19.1. The molecule has 4 N–H and O–H groups in total. The fourth-order valence-electron chi connectivity index (χ4n) is 5.66. The molecule has 5 rings (SSSR count). The molecular formula is C26H33FN4O7. The van der Waals surface area contributed by atoms with Crippen LogP contribution in [0.2, 0.25) is 0 Å². The van der Waals surface area contributed by atoms with Crippen LogP contribution in [-0.4, -0.2) is 66.3 Å². The Bertz CT molecular complexity index is 1380. The molecule has 0 bridgehead atoms. The molecular weight excluding hydrogens is 499 g/mol. The third-order valence-electron chi connectivity index (χ3n) is 7.50. The monoisotopic (exact) mass is 532 g/mol. The zero-order valence-corrected chi connectivity index (χ0v) is 21.9. The molecule has 3 aliphatic rings. The van der Waals surface area contributed by atoms with Crippen LogP contribution >= 0.6 is 0 Å². The average molecular weight is 533 g/mol. The van der Waals surface area contributed by atoms with Gasteiger partial charge < -0.3 is 39.8 Å². The lowest BCUT2D eigenvalue weighted by atomic mass is 9.91. The van der Waals surface area contributed by atoms with Crippen molar-refractivity contribution in [2.75, 3.05) is 44.0 Å². The number of hydrogen-bond acceptors (Lipinski definition) is 8. The van der Waals surface area contributed by atoms with E-state index in [0.717, 1.165) is 12.8 Å². The van der Waals surface area contributed by atoms with Gasteiger partial charge in [0, 0.05) is 37.9 Å². The Morgan fingerprint density at radius 2 is 2.03 bits per heavy atom. The number of ether oxygens (including phenoxy) is 3. The van der Waals surface area contributed by atoms with Crippen molar-refractivity contribution in [1.82, 2.24) is 9.88 Å². The van der Waals surface area contributed by atoms with Crippen LogP contribution in [0.5, 0.6) is 5.75 Å². The van der Waals surface area contributed by atoms with Gasteiger partial charge in [0.15, 0.2) is 11.6 Å². The molecule has 2 saturated heterocycles. The Morgan fingerprint density at radius 1 is 1.32 bits per heavy atom. The minimum atomic E-state index is -1.40. The molecule has 38 heavy (non-hydrogen) atoms. The number of nitrogens with one attached hydrogen (secondary N) is 1. The van der Waals surface area contributed by atoms with Crippen molar-refractivity contribution in [2.45, 2.75) is 57.3 Å². The summed E-state index contributed by atoms with van der Waals surface area (Å²) in [6.45, 7) is 6.66. The lowest BCUT2D eigenvalue weighted by Gasteiger charge is -2.30. The topological polar surface area (TPSA) is 145 Å². The number of carbonyl (C=O) groups is 2. The predicted octanol–water partition coefficient (Wildman–Crippen LogP) is 2.88. The van der Waals surface area contributed by atoms with Crippen molar-refractivity contribution >= 4 is 34.3 Å². The Hall–Kier alpha value is -3.54. The van der Waals surface area contributed by atoms with Crippen molar-refractivity contribution in [3.8, 4) is 5.75 Å². The second-order valence-electron chi connectivity index (χ2n) is 11.3. The standard InChI is InChI=1S/C26H33FN4O7/c1-25(2,3)38-24(35)29-11-26-12-30(9-13(26)7-8-37-26)20-17(27)18(28)16-19(22(20)36-4)31(14-5-6-14)10-15(21(16)32)23(33)34/h10,13-14H,5-9,11-12,28H2,1-4H3,(H,29,35)(H,33,34). The van der Waals surface area contributed by atoms with Gasteiger partial charge in [-0.05, 0) is 40.0 Å². The van der Waals surface area contributed by atoms with Gasteiger partial charge in [-0.3, -0.25) is 4.79 Å². The molecule has 3 fully saturated rings. The van der Waals surface area contributed by atoms with Crippen LogP contribution in [0.3, 0.4) is 0 Å². The summed E-state index contributed by atoms with van der Waals surface area (Å²) in [6, 6.07) is -0.0477. The van der Waals surface area contributed by atoms with E-state index in [1.807, 2.05) is 0 Å². The summed E-state index contributed by atoms with van der Waals surface area (Å²) < 4.78 is 34.9. The van der Waals surface area contributed by atoms with Gasteiger partial charge in [-0.2, -0.15) is 0 Å². The maximum atomic E-state index is 16.0. The zero-order valence-electron chi connectivity index (χ0n) is 21.9. The highest BCUT2D eigenvalue weighted by molar-refractivity contribution is 6.03. The van der Waals surface area contributed by atoms with Crippen LogP contribution < -0.4 is 26.1 Å². The van der Waals surface area contributed by atoms with Gasteiger partial charge in [0.05, 0.1) is 30.2 Å². The van der Waals surface area contributed by atoms with Crippen molar-refractivity contribution < 1.29 is 33.3 Å². The van der Waals surface area contributed by atoms with Crippen LogP contribution in [0, 0.1) is 11.7 Å². The number of aromatic carboxylic acids is 1. The summed E-state index contributed by atoms with van der Waals surface area (Å²) in [5.74, 6) is -2.16. The third-order valence-corrected chi connectivity index (χ3v) is 7.50. The van der Waals surface area contributed by atoms with Crippen molar-refractivity contribution in [2.24, 2.45) is 5.92 Å². The van der Waals surface area contributed by atoms with Gasteiger partial charge in [-0.1, -0.05) is 0 Å². The first-order chi connectivity index (χ1) is 17.9. The van der Waals surface area contributed by atoms with Gasteiger partial charge in [0.25, 0.3) is 0 Å². The first-order valence-corrected chi connectivity index (χ1v) is 12.7. The Morgan fingerprint density at radius 3 is 2.63 bits per heavy atom. The van der Waals surface area contributed by atoms with Gasteiger partial charge in [-0.25, -0.2) is 14.0 Å². The number of pyridine rings is 1. The number of nitrogens with two attached hydrogens (primary N) is 1. The molecule has 206 valence electrons. The molecule has 3 heterocycles. The number of amides is 1. The smallest absolute Gasteiger partial charge is 0.407 e. The van der Waals surface area contributed by atoms with Crippen LogP contribution in [0.4, 0.5) is 20.6 Å². The first-order valence-electron chi connectivity index (χ1n) is 12.7. The van der Waals surface area contributed by atoms with Gasteiger partial charge in [0.1, 0.15) is 22.5 Å². The van der Waals surface area contributed by atoms with E-state index in [4.69, 9.17) is 19.9 Å². The summed E-state index contributed by atoms with van der Waals surface area (Å²) in [5, 5.41) is 12.2. The van der Waals surface area contributed by atoms with E-state index in [0.29, 0.717) is 19.6 Å². The Labute approximate surface area is 218 Å². The summed E-state index contributed by atoms with van der Waals surface area (Å²) in [4.78, 5) is 39.0. The van der Waals surface area contributed by atoms with Gasteiger partial charge in [-0.15, -0.1) is 0 Å². The number of methoxy groups -OCH3 is 1. The fourth-order valence-corrected chi connectivity index (χ4v) is 5.66. The molecule has 2 atom stereocenters. The number of carboxylic acid groups (broad SMARTS) is 1. The molecule has 1 aromatic heterocycles. The second-order valence-corrected chi connectivity index (χ2v) is 11.3. The molecule has 1 aromatic carbocycles. The highest BCUT2D eigenvalue weighted by Gasteiger charge is 2.52. The molecule has 1 amide bonds. The summed E-state index contributed by atoms with van der Waals surface area (Å²) in [6.07, 6.45) is 3.01. The average Bonchev–Trinajstić information content (AvgIpc) is 3.50. The van der Waals surface area contributed by atoms with Crippen LogP contribution in [0.25, 0.3) is 10.9 Å². The number of carboxylic acids is 1. The maximum absolute atomic E-state index is 16.0. The zero-order chi connectivity index (χ0) is 27.6. The first kappa shape index (κ1) is 26.1. The normalized spacial score (nSPS) is 23.0. The molecule has 12 heteroatoms. The summed E-state index contributed by atoms with van der Waals surface area (Å²) >= 11 is 0. The molecule has 2 aromatic rings. The number of fused-ring (bicyclic) bond motifs is 2. The van der Waals surface area contributed by atoms with Crippen LogP contribution in [0.1, 0.15) is 56.4 Å². The van der Waals surface area contributed by atoms with E-state index in [1.165, 1.54) is 13.3 Å². The molecule has 2 unspecified atom stereocenters. The predicted molar refractivity (Wildman–Crippen MR) is 138 cm³/mol. The number of hydrogen-bond donors (Lipinski definition) is 3. The largest absolute Gasteiger partial charge is 0.492 e. The van der Waals surface area contributed by atoms with Crippen LogP contribution in [-0.2, 0) is 9.47 Å². The number of halogens is 1. The van der Waals surface area contributed by atoms with Crippen molar-refractivity contribution in [1.29, 1.82) is 0 Å². The minimum absolute atomic E-state index is 0.0153. The van der Waals surface area contributed by atoms with Crippen LogP contribution in [0.15, 0.2) is 11.0 Å². The van der Waals surface area contributed by atoms with Gasteiger partial charge >= 0.3 is 12.1 Å². The molecule has 1 saturated carbocycles. The highest BCUT2D eigenvalue weighted by Crippen LogP contribution is 2.49. The number of anilines is 2. The number of carbonyl (C=O) groups excluding carboxylic acids is 1. The molecule has 1 aliphatic carbocycles. The molecule has 11 nitrogen and oxygen atoms in total. The quantitative estimate of drug-likeness (QED) is 0.478. The number of aromatic nitrogens is 1. The van der Waals surface area contributed by atoms with E-state index >= 15 is 4.39 Å². The summed E-state index contributed by atoms with van der Waals surface area (Å²) in [7, 11) is 1.38. The molecule has 2 aliphatic heterocycles. The number of alkyl carbamates (subject to hydrolysis) is 1. The lowest BCUT2D eigenvalue weighted by Crippen LogP contribution is -2.49. The lowest BCUT2D eigenvalue weighted by molar-refractivity contribution is -0.000282. The number of rotatable bonds is 6. The Kier molecular flexibility index (Phi) is 6.20. The van der Waals surface area contributed by atoms with E-state index < -0.39 is 45.8 Å². The maximum Gasteiger partial charge on any atom is 0.407 e. The number of nitrogens with zero attached hydrogens (tertiary/aromatic N) is 2. The second kappa shape index (κ2) is 9.04. The number of nitrogen functional groups attached to an aromatic ring is 1.